The lowest BCUT2D eigenvalue weighted by atomic mass is 10.2. The number of hydrogen-bond acceptors (Lipinski definition) is 4. The predicted octanol–water partition coefficient (Wildman–Crippen LogP) is 3.90. The molecule has 1 aliphatic heterocycles. The van der Waals surface area contributed by atoms with E-state index >= 15 is 0 Å². The molecule has 1 N–H and O–H groups in total. The number of hydrogen-bond donors (Lipinski definition) is 1. The highest BCUT2D eigenvalue weighted by atomic mass is 16.5. The number of carbonyl (C=O) groups is 1. The molecule has 1 aromatic heterocycles. The van der Waals surface area contributed by atoms with E-state index in [0.29, 0.717) is 12.4 Å². The Morgan fingerprint density at radius 2 is 2.00 bits per heavy atom. The summed E-state index contributed by atoms with van der Waals surface area (Å²) in [4.78, 5) is 15.0. The summed E-state index contributed by atoms with van der Waals surface area (Å²) in [7, 11) is 2.00. The van der Waals surface area contributed by atoms with E-state index in [1.807, 2.05) is 62.0 Å². The quantitative estimate of drug-likeness (QED) is 0.691. The van der Waals surface area contributed by atoms with E-state index in [1.54, 1.807) is 0 Å². The molecule has 1 aliphatic rings. The zero-order valence-corrected chi connectivity index (χ0v) is 17.3. The van der Waals surface area contributed by atoms with E-state index in [2.05, 4.69) is 22.3 Å². The largest absolute Gasteiger partial charge is 0.490 e. The van der Waals surface area contributed by atoms with Gasteiger partial charge < -0.3 is 10.1 Å². The average Bonchev–Trinajstić information content (AvgIpc) is 3.27. The Labute approximate surface area is 171 Å². The molecule has 29 heavy (non-hydrogen) atoms. The lowest BCUT2D eigenvalue weighted by Gasteiger charge is -2.18. The summed E-state index contributed by atoms with van der Waals surface area (Å²) in [6, 6.07) is 16.0. The maximum absolute atomic E-state index is 12.9. The van der Waals surface area contributed by atoms with Crippen molar-refractivity contribution in [3.05, 3.63) is 54.1 Å². The number of likely N-dealkylation sites (N-methyl/N-ethyl adjacent to an activating group) is 1. The van der Waals surface area contributed by atoms with Crippen LogP contribution in [-0.4, -0.2) is 46.3 Å². The monoisotopic (exact) mass is 392 g/mol. The fourth-order valence-electron chi connectivity index (χ4n) is 3.96. The van der Waals surface area contributed by atoms with E-state index < -0.39 is 0 Å². The number of amides is 1. The van der Waals surface area contributed by atoms with Gasteiger partial charge in [-0.15, -0.1) is 0 Å². The molecular formula is C23H28N4O2. The number of nitrogens with zero attached hydrogens (tertiary/aromatic N) is 3. The molecule has 1 atom stereocenters. The molecule has 0 unspecified atom stereocenters. The summed E-state index contributed by atoms with van der Waals surface area (Å²) < 4.78 is 7.98. The van der Waals surface area contributed by atoms with E-state index in [-0.39, 0.29) is 18.1 Å². The standard InChI is InChI=1S/C23H28N4O2/c1-16(2)29-20-13-7-11-18-21(20)22(24-23(28)19-12-8-14-26(19)3)25-27(18)15-17-9-5-4-6-10-17/h4-7,9-11,13,16,19H,8,12,14-15H2,1-3H3,(H,24,25,28)/t19-/m0/s1. The van der Waals surface area contributed by atoms with Crippen molar-refractivity contribution in [2.24, 2.45) is 0 Å². The molecule has 2 heterocycles. The van der Waals surface area contributed by atoms with Crippen molar-refractivity contribution >= 4 is 22.6 Å². The first-order chi connectivity index (χ1) is 14.0. The number of ether oxygens (including phenoxy) is 1. The molecule has 6 heteroatoms. The normalized spacial score (nSPS) is 17.2. The van der Waals surface area contributed by atoms with Crippen molar-refractivity contribution in [2.75, 3.05) is 18.9 Å². The highest BCUT2D eigenvalue weighted by Crippen LogP contribution is 2.34. The SMILES string of the molecule is CC(C)Oc1cccc2c1c(NC(=O)[C@@H]1CCCN1C)nn2Cc1ccccc1. The molecular weight excluding hydrogens is 364 g/mol. The number of carbonyl (C=O) groups excluding carboxylic acids is 1. The lowest BCUT2D eigenvalue weighted by Crippen LogP contribution is -2.37. The summed E-state index contributed by atoms with van der Waals surface area (Å²) >= 11 is 0. The Bertz CT molecular complexity index is 997. The van der Waals surface area contributed by atoms with Crippen molar-refractivity contribution in [3.63, 3.8) is 0 Å². The van der Waals surface area contributed by atoms with Gasteiger partial charge in [-0.1, -0.05) is 36.4 Å². The van der Waals surface area contributed by atoms with Crippen molar-refractivity contribution in [2.45, 2.75) is 45.4 Å². The Morgan fingerprint density at radius 1 is 1.21 bits per heavy atom. The minimum atomic E-state index is -0.109. The van der Waals surface area contributed by atoms with Crippen LogP contribution < -0.4 is 10.1 Å². The Kier molecular flexibility index (Phi) is 5.53. The van der Waals surface area contributed by atoms with Crippen LogP contribution in [0.3, 0.4) is 0 Å². The predicted molar refractivity (Wildman–Crippen MR) is 115 cm³/mol. The molecule has 6 nitrogen and oxygen atoms in total. The fourth-order valence-corrected chi connectivity index (χ4v) is 3.96. The number of nitrogens with one attached hydrogen (secondary N) is 1. The van der Waals surface area contributed by atoms with Gasteiger partial charge in [-0.2, -0.15) is 5.10 Å². The first kappa shape index (κ1) is 19.5. The van der Waals surface area contributed by atoms with Crippen molar-refractivity contribution in [3.8, 4) is 5.75 Å². The van der Waals surface area contributed by atoms with Crippen LogP contribution in [0.25, 0.3) is 10.9 Å². The molecule has 1 saturated heterocycles. The summed E-state index contributed by atoms with van der Waals surface area (Å²) in [5, 5.41) is 8.71. The highest BCUT2D eigenvalue weighted by molar-refractivity contribution is 6.04. The van der Waals surface area contributed by atoms with Crippen LogP contribution in [0, 0.1) is 0 Å². The van der Waals surface area contributed by atoms with Gasteiger partial charge in [-0.3, -0.25) is 14.4 Å². The van der Waals surface area contributed by atoms with Gasteiger partial charge in [-0.05, 0) is 58.0 Å². The summed E-state index contributed by atoms with van der Waals surface area (Å²) in [6.45, 7) is 5.57. The van der Waals surface area contributed by atoms with E-state index in [1.165, 1.54) is 0 Å². The first-order valence-corrected chi connectivity index (χ1v) is 10.2. The minimum Gasteiger partial charge on any atom is -0.490 e. The van der Waals surface area contributed by atoms with Crippen LogP contribution in [0.15, 0.2) is 48.5 Å². The van der Waals surface area contributed by atoms with E-state index in [4.69, 9.17) is 9.84 Å². The maximum Gasteiger partial charge on any atom is 0.242 e. The summed E-state index contributed by atoms with van der Waals surface area (Å²) in [5.41, 5.74) is 2.10. The third kappa shape index (κ3) is 4.12. The van der Waals surface area contributed by atoms with Gasteiger partial charge in [0.1, 0.15) is 5.75 Å². The third-order valence-corrected chi connectivity index (χ3v) is 5.34. The van der Waals surface area contributed by atoms with Crippen LogP contribution in [0.1, 0.15) is 32.3 Å². The van der Waals surface area contributed by atoms with Crippen LogP contribution in [0.4, 0.5) is 5.82 Å². The molecule has 0 bridgehead atoms. The Balaban J connectivity index is 1.74. The van der Waals surface area contributed by atoms with Gasteiger partial charge in [0, 0.05) is 0 Å². The second-order valence-electron chi connectivity index (χ2n) is 7.94. The smallest absolute Gasteiger partial charge is 0.242 e. The first-order valence-electron chi connectivity index (χ1n) is 10.2. The Morgan fingerprint density at radius 3 is 2.69 bits per heavy atom. The number of fused-ring (bicyclic) bond motifs is 1. The van der Waals surface area contributed by atoms with Gasteiger partial charge in [0.05, 0.1) is 29.6 Å². The summed E-state index contributed by atoms with van der Waals surface area (Å²) in [6.07, 6.45) is 1.95. The number of benzene rings is 2. The van der Waals surface area contributed by atoms with Crippen LogP contribution in [0.2, 0.25) is 0 Å². The number of rotatable bonds is 6. The highest BCUT2D eigenvalue weighted by Gasteiger charge is 2.29. The van der Waals surface area contributed by atoms with Gasteiger partial charge in [0.25, 0.3) is 0 Å². The third-order valence-electron chi connectivity index (χ3n) is 5.34. The topological polar surface area (TPSA) is 59.4 Å². The molecule has 4 rings (SSSR count). The van der Waals surface area contributed by atoms with Gasteiger partial charge in [-0.25, -0.2) is 0 Å². The molecule has 1 amide bonds. The van der Waals surface area contributed by atoms with Gasteiger partial charge in [0.15, 0.2) is 5.82 Å². The van der Waals surface area contributed by atoms with Crippen molar-refractivity contribution < 1.29 is 9.53 Å². The molecule has 0 saturated carbocycles. The minimum absolute atomic E-state index is 0.00406. The second-order valence-corrected chi connectivity index (χ2v) is 7.94. The van der Waals surface area contributed by atoms with Crippen LogP contribution in [-0.2, 0) is 11.3 Å². The molecule has 2 aromatic carbocycles. The zero-order chi connectivity index (χ0) is 20.4. The van der Waals surface area contributed by atoms with Crippen molar-refractivity contribution in [1.82, 2.24) is 14.7 Å². The lowest BCUT2D eigenvalue weighted by molar-refractivity contribution is -0.119. The molecule has 3 aromatic rings. The fraction of sp³-hybridized carbons (Fsp3) is 0.391. The average molecular weight is 393 g/mol. The van der Waals surface area contributed by atoms with Crippen molar-refractivity contribution in [1.29, 1.82) is 0 Å². The molecule has 1 fully saturated rings. The van der Waals surface area contributed by atoms with Gasteiger partial charge in [0.2, 0.25) is 5.91 Å². The summed E-state index contributed by atoms with van der Waals surface area (Å²) in [5.74, 6) is 1.31. The Hall–Kier alpha value is -2.86. The maximum atomic E-state index is 12.9. The number of anilines is 1. The van der Waals surface area contributed by atoms with Crippen LogP contribution in [0.5, 0.6) is 5.75 Å². The molecule has 0 spiro atoms. The number of aromatic nitrogens is 2. The number of likely N-dealkylation sites (tertiary alicyclic amines) is 1. The van der Waals surface area contributed by atoms with Crippen LogP contribution >= 0.6 is 0 Å². The molecule has 152 valence electrons. The van der Waals surface area contributed by atoms with E-state index in [9.17, 15) is 4.79 Å². The zero-order valence-electron chi connectivity index (χ0n) is 17.3. The van der Waals surface area contributed by atoms with Gasteiger partial charge >= 0.3 is 0 Å². The second kappa shape index (κ2) is 8.25. The molecule has 0 radical (unpaired) electrons. The molecule has 0 aliphatic carbocycles. The van der Waals surface area contributed by atoms with E-state index in [0.717, 1.165) is 41.6 Å².